The highest BCUT2D eigenvalue weighted by molar-refractivity contribution is 7.80. The molecule has 0 spiro atoms. The number of hydrogen-bond acceptors (Lipinski definition) is 9. The second-order valence-corrected chi connectivity index (χ2v) is 12.4. The smallest absolute Gasteiger partial charge is 0.229 e. The largest absolute Gasteiger partial charge is 0.755 e. The Morgan fingerprint density at radius 2 is 1.95 bits per heavy atom. The summed E-state index contributed by atoms with van der Waals surface area (Å²) in [5, 5.41) is 6.75. The average molecular weight is 626 g/mol. The Labute approximate surface area is 260 Å². The van der Waals surface area contributed by atoms with Gasteiger partial charge in [-0.15, -0.1) is 0 Å². The third-order valence-corrected chi connectivity index (χ3v) is 8.61. The normalized spacial score (nSPS) is 17.0. The first-order chi connectivity index (χ1) is 20.7. The highest BCUT2D eigenvalue weighted by atomic mass is 35.5. The molecule has 12 heteroatoms. The van der Waals surface area contributed by atoms with Crippen LogP contribution in [0.25, 0.3) is 5.57 Å². The number of aryl methyl sites for hydroxylation is 1. The molecule has 230 valence electrons. The maximum atomic E-state index is 11.6. The van der Waals surface area contributed by atoms with Gasteiger partial charge in [0.05, 0.1) is 29.4 Å². The number of halogens is 1. The molecule has 2 aliphatic rings. The van der Waals surface area contributed by atoms with Crippen molar-refractivity contribution in [3.8, 4) is 5.75 Å². The number of hydrogen-bond donors (Lipinski definition) is 2. The first-order valence-corrected chi connectivity index (χ1v) is 15.9. The van der Waals surface area contributed by atoms with E-state index in [4.69, 9.17) is 21.1 Å². The van der Waals surface area contributed by atoms with Crippen molar-refractivity contribution in [2.45, 2.75) is 52.2 Å². The molecule has 1 atom stereocenters. The van der Waals surface area contributed by atoms with E-state index >= 15 is 0 Å². The fraction of sp³-hybridized carbons (Fsp3) is 0.419. The molecule has 5 rings (SSSR count). The van der Waals surface area contributed by atoms with Crippen molar-refractivity contribution in [1.29, 1.82) is 0 Å². The Kier molecular flexibility index (Phi) is 10.2. The van der Waals surface area contributed by atoms with Crippen LogP contribution in [0, 0.1) is 6.92 Å². The van der Waals surface area contributed by atoms with E-state index in [0.717, 1.165) is 61.1 Å². The Morgan fingerprint density at radius 3 is 2.65 bits per heavy atom. The third-order valence-electron chi connectivity index (χ3n) is 7.69. The molecule has 1 unspecified atom stereocenters. The van der Waals surface area contributed by atoms with Crippen molar-refractivity contribution >= 4 is 57.3 Å². The number of nitrogens with one attached hydrogen (secondary N) is 2. The van der Waals surface area contributed by atoms with E-state index in [1.165, 1.54) is 24.4 Å². The number of aromatic nitrogens is 2. The van der Waals surface area contributed by atoms with Gasteiger partial charge in [0.2, 0.25) is 5.95 Å². The zero-order valence-corrected chi connectivity index (χ0v) is 26.5. The summed E-state index contributed by atoms with van der Waals surface area (Å²) < 4.78 is 36.1. The zero-order valence-electron chi connectivity index (χ0n) is 24.9. The van der Waals surface area contributed by atoms with Gasteiger partial charge in [0.25, 0.3) is 0 Å². The molecule has 43 heavy (non-hydrogen) atoms. The monoisotopic (exact) mass is 625 g/mol. The van der Waals surface area contributed by atoms with Gasteiger partial charge >= 0.3 is 0 Å². The van der Waals surface area contributed by atoms with Crippen molar-refractivity contribution in [1.82, 2.24) is 14.9 Å². The van der Waals surface area contributed by atoms with Crippen molar-refractivity contribution < 1.29 is 18.2 Å². The predicted molar refractivity (Wildman–Crippen MR) is 172 cm³/mol. The molecule has 1 aromatic heterocycles. The van der Waals surface area contributed by atoms with E-state index < -0.39 is 11.3 Å². The molecular weight excluding hydrogens is 588 g/mol. The highest BCUT2D eigenvalue weighted by Gasteiger charge is 2.24. The summed E-state index contributed by atoms with van der Waals surface area (Å²) in [5.41, 5.74) is 5.36. The van der Waals surface area contributed by atoms with Crippen LogP contribution < -0.4 is 19.7 Å². The van der Waals surface area contributed by atoms with Crippen LogP contribution in [0.1, 0.15) is 44.2 Å². The van der Waals surface area contributed by atoms with Crippen molar-refractivity contribution in [3.63, 3.8) is 0 Å². The first-order valence-electron chi connectivity index (χ1n) is 14.5. The molecule has 0 radical (unpaired) electrons. The van der Waals surface area contributed by atoms with Crippen LogP contribution in [-0.4, -0.2) is 69.1 Å². The topological polar surface area (TPSA) is 115 Å². The highest BCUT2D eigenvalue weighted by Crippen LogP contribution is 2.37. The maximum absolute atomic E-state index is 11.6. The SMILES string of the molecule is Cc1cc(Nc2ncc(Cl)c(Nc3ccccc3N(C)S(=O)[O-])n2)c(OC(C)C)cc1C1=CCN(C2CCOCC2)CC1. The molecule has 3 aromatic rings. The van der Waals surface area contributed by atoms with Crippen LogP contribution >= 0.6 is 11.6 Å². The van der Waals surface area contributed by atoms with Crippen LogP contribution in [0.5, 0.6) is 5.75 Å². The van der Waals surface area contributed by atoms with Gasteiger partial charge in [-0.05, 0) is 81.0 Å². The molecule has 2 N–H and O–H groups in total. The Balaban J connectivity index is 1.39. The standard InChI is InChI=1S/C31H39ClN6O4S/c1-20(2)42-29-18-24(22-9-13-38(14-10-22)23-11-15-41-16-12-23)21(3)17-27(29)35-31-33-19-25(32)30(36-31)34-26-7-5-6-8-28(26)37(4)43(39)40/h5-9,17-20,23H,10-16H2,1-4H3,(H,39,40)(H2,33,34,35,36)/p-1. The minimum Gasteiger partial charge on any atom is -0.755 e. The number of para-hydroxylation sites is 2. The minimum absolute atomic E-state index is 0.0381. The summed E-state index contributed by atoms with van der Waals surface area (Å²) in [6.07, 6.45) is 7.00. The number of anilines is 5. The molecule has 1 saturated heterocycles. The predicted octanol–water partition coefficient (Wildman–Crippen LogP) is 6.21. The summed E-state index contributed by atoms with van der Waals surface area (Å²) in [7, 11) is 1.46. The van der Waals surface area contributed by atoms with Crippen LogP contribution in [0.3, 0.4) is 0 Å². The van der Waals surface area contributed by atoms with Gasteiger partial charge in [-0.1, -0.05) is 29.8 Å². The van der Waals surface area contributed by atoms with E-state index in [1.54, 1.807) is 24.3 Å². The van der Waals surface area contributed by atoms with Crippen LogP contribution in [0.2, 0.25) is 5.02 Å². The number of ether oxygens (including phenoxy) is 2. The molecule has 2 aromatic carbocycles. The maximum Gasteiger partial charge on any atom is 0.229 e. The van der Waals surface area contributed by atoms with Crippen molar-refractivity contribution in [2.75, 3.05) is 48.3 Å². The van der Waals surface area contributed by atoms with E-state index in [-0.39, 0.29) is 11.1 Å². The fourth-order valence-electron chi connectivity index (χ4n) is 5.49. The third kappa shape index (κ3) is 7.66. The van der Waals surface area contributed by atoms with Crippen molar-refractivity contribution in [3.05, 3.63) is 64.8 Å². The van der Waals surface area contributed by atoms with Gasteiger partial charge in [0, 0.05) is 50.7 Å². The minimum atomic E-state index is -2.44. The molecule has 0 bridgehead atoms. The lowest BCUT2D eigenvalue weighted by molar-refractivity contribution is 0.0378. The van der Waals surface area contributed by atoms with Gasteiger partial charge < -0.3 is 29.0 Å². The molecule has 2 aliphatic heterocycles. The van der Waals surface area contributed by atoms with E-state index in [9.17, 15) is 8.76 Å². The van der Waals surface area contributed by atoms with Crippen LogP contribution in [-0.2, 0) is 16.0 Å². The molecule has 0 saturated carbocycles. The van der Waals surface area contributed by atoms with E-state index in [1.807, 2.05) is 13.8 Å². The van der Waals surface area contributed by atoms with Crippen LogP contribution in [0.4, 0.5) is 28.8 Å². The summed E-state index contributed by atoms with van der Waals surface area (Å²) in [6.45, 7) is 9.79. The molecular formula is C31H38ClN6O4S-. The van der Waals surface area contributed by atoms with Crippen LogP contribution in [0.15, 0.2) is 48.7 Å². The molecule has 0 amide bonds. The van der Waals surface area contributed by atoms with Crippen molar-refractivity contribution in [2.24, 2.45) is 0 Å². The average Bonchev–Trinajstić information content (AvgIpc) is 3.00. The second-order valence-electron chi connectivity index (χ2n) is 11.0. The number of nitrogens with zero attached hydrogens (tertiary/aromatic N) is 4. The zero-order chi connectivity index (χ0) is 30.5. The molecule has 1 fully saturated rings. The van der Waals surface area contributed by atoms with E-state index in [0.29, 0.717) is 34.9 Å². The lowest BCUT2D eigenvalue weighted by atomic mass is 9.93. The summed E-state index contributed by atoms with van der Waals surface area (Å²) in [6, 6.07) is 11.8. The molecule has 10 nitrogen and oxygen atoms in total. The summed E-state index contributed by atoms with van der Waals surface area (Å²) in [4.78, 5) is 11.6. The van der Waals surface area contributed by atoms with Gasteiger partial charge in [-0.3, -0.25) is 9.11 Å². The Hall–Kier alpha value is -3.22. The molecule has 3 heterocycles. The second kappa shape index (κ2) is 14.0. The lowest BCUT2D eigenvalue weighted by Gasteiger charge is -2.36. The number of rotatable bonds is 10. The van der Waals surface area contributed by atoms with Gasteiger partial charge in [-0.25, -0.2) is 4.98 Å². The van der Waals surface area contributed by atoms with Gasteiger partial charge in [-0.2, -0.15) is 4.98 Å². The van der Waals surface area contributed by atoms with E-state index in [2.05, 4.69) is 50.6 Å². The lowest BCUT2D eigenvalue weighted by Crippen LogP contribution is -2.41. The van der Waals surface area contributed by atoms with Gasteiger partial charge in [0.15, 0.2) is 5.82 Å². The summed E-state index contributed by atoms with van der Waals surface area (Å²) >= 11 is 4.00. The van der Waals surface area contributed by atoms with Gasteiger partial charge in [0.1, 0.15) is 10.8 Å². The fourth-order valence-corrected chi connectivity index (χ4v) is 5.95. The Bertz CT molecular complexity index is 1500. The number of benzene rings is 2. The first kappa shape index (κ1) is 31.2. The summed E-state index contributed by atoms with van der Waals surface area (Å²) in [5.74, 6) is 1.36. The Morgan fingerprint density at radius 1 is 1.19 bits per heavy atom. The molecule has 0 aliphatic carbocycles. The quantitative estimate of drug-likeness (QED) is 0.254.